The van der Waals surface area contributed by atoms with Crippen LogP contribution in [0.5, 0.6) is 0 Å². The highest BCUT2D eigenvalue weighted by atomic mass is 35.5. The average Bonchev–Trinajstić information content (AvgIpc) is 3.18. The predicted molar refractivity (Wildman–Crippen MR) is 137 cm³/mol. The summed E-state index contributed by atoms with van der Waals surface area (Å²) in [5.74, 6) is -0.183. The molecule has 0 N–H and O–H groups in total. The van der Waals surface area contributed by atoms with E-state index in [1.54, 1.807) is 29.2 Å². The first-order chi connectivity index (χ1) is 15.6. The molecule has 3 rings (SSSR count). The highest BCUT2D eigenvalue weighted by Crippen LogP contribution is 2.34. The second-order valence-electron chi connectivity index (χ2n) is 8.45. The number of aryl methyl sites for hydroxylation is 2. The molecule has 0 aliphatic rings. The summed E-state index contributed by atoms with van der Waals surface area (Å²) < 4.78 is 26.3. The third kappa shape index (κ3) is 6.53. The second kappa shape index (κ2) is 11.0. The minimum Gasteiger partial charge on any atom is -0.309 e. The van der Waals surface area contributed by atoms with Gasteiger partial charge in [0, 0.05) is 18.0 Å². The molecule has 1 heterocycles. The number of thiazole rings is 1. The first-order valence-corrected chi connectivity index (χ1v) is 13.7. The lowest BCUT2D eigenvalue weighted by atomic mass is 10.2. The predicted octanol–water partition coefficient (Wildman–Crippen LogP) is 5.11. The minimum atomic E-state index is -3.43. The molecule has 0 aliphatic carbocycles. The summed E-state index contributed by atoms with van der Waals surface area (Å²) in [5.41, 5.74) is 2.70. The van der Waals surface area contributed by atoms with Crippen molar-refractivity contribution in [3.8, 4) is 0 Å². The molecular weight excluding hydrogens is 478 g/mol. The van der Waals surface area contributed by atoms with Gasteiger partial charge in [0.25, 0.3) is 0 Å². The molecule has 0 radical (unpaired) electrons. The van der Waals surface area contributed by atoms with Crippen molar-refractivity contribution in [1.82, 2.24) is 9.88 Å². The maximum Gasteiger partial charge on any atom is 0.228 e. The molecule has 0 aliphatic heterocycles. The van der Waals surface area contributed by atoms with Crippen LogP contribution in [0.4, 0.5) is 5.13 Å². The van der Waals surface area contributed by atoms with Crippen molar-refractivity contribution in [2.75, 3.05) is 37.8 Å². The van der Waals surface area contributed by atoms with E-state index in [4.69, 9.17) is 16.6 Å². The molecule has 1 aromatic heterocycles. The molecular formula is C24H30ClN3O3S2. The summed E-state index contributed by atoms with van der Waals surface area (Å²) in [6.07, 6.45) is 1.19. The van der Waals surface area contributed by atoms with Crippen LogP contribution in [0.15, 0.2) is 41.3 Å². The van der Waals surface area contributed by atoms with Gasteiger partial charge in [-0.1, -0.05) is 40.6 Å². The lowest BCUT2D eigenvalue weighted by Crippen LogP contribution is -2.33. The summed E-state index contributed by atoms with van der Waals surface area (Å²) in [5, 5.41) is 1.27. The van der Waals surface area contributed by atoms with E-state index in [-0.39, 0.29) is 24.5 Å². The average molecular weight is 508 g/mol. The van der Waals surface area contributed by atoms with Crippen LogP contribution in [0, 0.1) is 13.8 Å². The van der Waals surface area contributed by atoms with E-state index >= 15 is 0 Å². The van der Waals surface area contributed by atoms with E-state index in [9.17, 15) is 13.2 Å². The van der Waals surface area contributed by atoms with Crippen LogP contribution in [-0.2, 0) is 14.6 Å². The summed E-state index contributed by atoms with van der Waals surface area (Å²) >= 11 is 7.71. The Bertz CT molecular complexity index is 1220. The Morgan fingerprint density at radius 3 is 2.39 bits per heavy atom. The van der Waals surface area contributed by atoms with E-state index in [1.165, 1.54) is 11.3 Å². The standard InChI is InChI=1S/C24H30ClN3O3S2/c1-17-8-10-19(11-9-17)33(30,31)16-5-7-22(29)28(15-6-14-27(3)4)24-26-23-18(2)20(25)12-13-21(23)32-24/h8-13H,5-7,14-16H2,1-4H3. The second-order valence-corrected chi connectivity index (χ2v) is 12.0. The molecule has 0 spiro atoms. The Hall–Kier alpha value is -2.00. The lowest BCUT2D eigenvalue weighted by Gasteiger charge is -2.21. The summed E-state index contributed by atoms with van der Waals surface area (Å²) in [6.45, 7) is 5.19. The highest BCUT2D eigenvalue weighted by Gasteiger charge is 2.22. The lowest BCUT2D eigenvalue weighted by molar-refractivity contribution is -0.118. The van der Waals surface area contributed by atoms with Gasteiger partial charge in [-0.3, -0.25) is 9.69 Å². The molecule has 33 heavy (non-hydrogen) atoms. The normalized spacial score (nSPS) is 11.9. The van der Waals surface area contributed by atoms with E-state index in [1.807, 2.05) is 40.1 Å². The van der Waals surface area contributed by atoms with E-state index in [2.05, 4.69) is 4.90 Å². The van der Waals surface area contributed by atoms with Crippen LogP contribution in [0.3, 0.4) is 0 Å². The Kier molecular flexibility index (Phi) is 8.50. The maximum absolute atomic E-state index is 13.2. The number of hydrogen-bond donors (Lipinski definition) is 0. The summed E-state index contributed by atoms with van der Waals surface area (Å²) in [7, 11) is 0.555. The van der Waals surface area contributed by atoms with Crippen LogP contribution in [0.25, 0.3) is 10.2 Å². The first-order valence-electron chi connectivity index (χ1n) is 10.9. The number of sulfone groups is 1. The van der Waals surface area contributed by atoms with Crippen molar-refractivity contribution in [3.05, 3.63) is 52.5 Å². The quantitative estimate of drug-likeness (QED) is 0.381. The largest absolute Gasteiger partial charge is 0.309 e. The molecule has 0 fully saturated rings. The topological polar surface area (TPSA) is 70.6 Å². The molecule has 0 bridgehead atoms. The SMILES string of the molecule is Cc1ccc(S(=O)(=O)CCCC(=O)N(CCCN(C)C)c2nc3c(C)c(Cl)ccc3s2)cc1. The monoisotopic (exact) mass is 507 g/mol. The number of carbonyl (C=O) groups excluding carboxylic acids is 1. The number of aromatic nitrogens is 1. The van der Waals surface area contributed by atoms with Crippen LogP contribution in [-0.4, -0.2) is 57.1 Å². The van der Waals surface area contributed by atoms with Gasteiger partial charge in [-0.15, -0.1) is 0 Å². The van der Waals surface area contributed by atoms with Gasteiger partial charge in [0.2, 0.25) is 5.91 Å². The van der Waals surface area contributed by atoms with Crippen molar-refractivity contribution in [1.29, 1.82) is 0 Å². The summed E-state index contributed by atoms with van der Waals surface area (Å²) in [6, 6.07) is 10.6. The van der Waals surface area contributed by atoms with Crippen LogP contribution < -0.4 is 4.90 Å². The molecule has 0 atom stereocenters. The number of hydrogen-bond acceptors (Lipinski definition) is 6. The maximum atomic E-state index is 13.2. The van der Waals surface area contributed by atoms with Gasteiger partial charge >= 0.3 is 0 Å². The number of nitrogens with zero attached hydrogens (tertiary/aromatic N) is 3. The Morgan fingerprint density at radius 2 is 1.73 bits per heavy atom. The fourth-order valence-electron chi connectivity index (χ4n) is 3.49. The van der Waals surface area contributed by atoms with Gasteiger partial charge in [-0.05, 0) is 77.2 Å². The van der Waals surface area contributed by atoms with Crippen molar-refractivity contribution in [2.45, 2.75) is 38.0 Å². The third-order valence-electron chi connectivity index (χ3n) is 5.44. The Labute approximate surface area is 205 Å². The summed E-state index contributed by atoms with van der Waals surface area (Å²) in [4.78, 5) is 21.9. The Balaban J connectivity index is 1.74. The fraction of sp³-hybridized carbons (Fsp3) is 0.417. The number of anilines is 1. The van der Waals surface area contributed by atoms with E-state index in [0.29, 0.717) is 21.6 Å². The van der Waals surface area contributed by atoms with Crippen molar-refractivity contribution < 1.29 is 13.2 Å². The van der Waals surface area contributed by atoms with Crippen molar-refractivity contribution in [2.24, 2.45) is 0 Å². The first kappa shape index (κ1) is 25.6. The molecule has 2 aromatic carbocycles. The van der Waals surface area contributed by atoms with Gasteiger partial charge in [0.1, 0.15) is 0 Å². The zero-order valence-electron chi connectivity index (χ0n) is 19.5. The van der Waals surface area contributed by atoms with E-state index < -0.39 is 9.84 Å². The molecule has 0 unspecified atom stereocenters. The number of amides is 1. The highest BCUT2D eigenvalue weighted by molar-refractivity contribution is 7.91. The molecule has 1 amide bonds. The zero-order valence-corrected chi connectivity index (χ0v) is 21.9. The van der Waals surface area contributed by atoms with Gasteiger partial charge in [-0.2, -0.15) is 0 Å². The molecule has 9 heteroatoms. The van der Waals surface area contributed by atoms with Crippen molar-refractivity contribution >= 4 is 54.0 Å². The molecule has 6 nitrogen and oxygen atoms in total. The fourth-order valence-corrected chi connectivity index (χ4v) is 6.02. The third-order valence-corrected chi connectivity index (χ3v) is 8.71. The zero-order chi connectivity index (χ0) is 24.2. The number of fused-ring (bicyclic) bond motifs is 1. The van der Waals surface area contributed by atoms with Gasteiger partial charge in [0.05, 0.1) is 20.9 Å². The van der Waals surface area contributed by atoms with Gasteiger partial charge < -0.3 is 4.90 Å². The van der Waals surface area contributed by atoms with Gasteiger partial charge in [-0.25, -0.2) is 13.4 Å². The van der Waals surface area contributed by atoms with Crippen LogP contribution >= 0.6 is 22.9 Å². The van der Waals surface area contributed by atoms with Gasteiger partial charge in [0.15, 0.2) is 15.0 Å². The number of halogens is 1. The van der Waals surface area contributed by atoms with Crippen LogP contribution in [0.1, 0.15) is 30.4 Å². The number of carbonyl (C=O) groups is 1. The number of benzene rings is 2. The van der Waals surface area contributed by atoms with Crippen LogP contribution in [0.2, 0.25) is 5.02 Å². The van der Waals surface area contributed by atoms with E-state index in [0.717, 1.165) is 34.3 Å². The number of rotatable bonds is 10. The smallest absolute Gasteiger partial charge is 0.228 e. The molecule has 3 aromatic rings. The Morgan fingerprint density at radius 1 is 1.03 bits per heavy atom. The molecule has 0 saturated carbocycles. The van der Waals surface area contributed by atoms with Crippen molar-refractivity contribution in [3.63, 3.8) is 0 Å². The molecule has 178 valence electrons. The molecule has 0 saturated heterocycles. The minimum absolute atomic E-state index is 0.0676.